The quantitative estimate of drug-likeness (QED) is 0.724. The Morgan fingerprint density at radius 2 is 2.00 bits per heavy atom. The van der Waals surface area contributed by atoms with Gasteiger partial charge in [-0.2, -0.15) is 8.42 Å². The Bertz CT molecular complexity index is 471. The number of carbonyl (C=O) groups is 1. The fourth-order valence-electron chi connectivity index (χ4n) is 1.10. The normalized spacial score (nSPS) is 13.0. The number of carboxylic acid groups (broad SMARTS) is 1. The van der Waals surface area contributed by atoms with Gasteiger partial charge in [-0.3, -0.25) is 4.18 Å². The molecule has 0 aliphatic heterocycles. The molecule has 0 aliphatic carbocycles. The van der Waals surface area contributed by atoms with E-state index in [2.05, 4.69) is 9.50 Å². The van der Waals surface area contributed by atoms with Crippen molar-refractivity contribution in [3.05, 3.63) is 30.3 Å². The molecule has 0 fully saturated rings. The molecule has 0 aromatic heterocycles. The van der Waals surface area contributed by atoms with E-state index in [4.69, 9.17) is 5.11 Å². The standard InChI is InChI=1S/C10H13NO5S/c1-17(14,15)16-7-9(10(12)13)11-8-5-3-2-4-6-8/h2-6,9,11H,7H2,1H3,(H,12,13). The second kappa shape index (κ2) is 5.65. The maximum Gasteiger partial charge on any atom is 0.328 e. The SMILES string of the molecule is CS(=O)(=O)OCC(Nc1ccccc1)C(=O)O. The van der Waals surface area contributed by atoms with Crippen molar-refractivity contribution in [3.8, 4) is 0 Å². The van der Waals surface area contributed by atoms with E-state index < -0.39 is 28.7 Å². The molecule has 0 amide bonds. The van der Waals surface area contributed by atoms with Gasteiger partial charge in [-0.15, -0.1) is 0 Å². The van der Waals surface area contributed by atoms with Gasteiger partial charge in [-0.05, 0) is 12.1 Å². The maximum absolute atomic E-state index is 10.9. The van der Waals surface area contributed by atoms with Crippen LogP contribution in [0.1, 0.15) is 0 Å². The summed E-state index contributed by atoms with van der Waals surface area (Å²) in [5, 5.41) is 11.6. The summed E-state index contributed by atoms with van der Waals surface area (Å²) in [5.74, 6) is -1.18. The summed E-state index contributed by atoms with van der Waals surface area (Å²) < 4.78 is 26.0. The Labute approximate surface area is 99.3 Å². The van der Waals surface area contributed by atoms with Gasteiger partial charge in [0.15, 0.2) is 0 Å². The van der Waals surface area contributed by atoms with Gasteiger partial charge >= 0.3 is 5.97 Å². The fraction of sp³-hybridized carbons (Fsp3) is 0.300. The number of para-hydroxylation sites is 1. The number of nitrogens with one attached hydrogen (secondary N) is 1. The summed E-state index contributed by atoms with van der Waals surface area (Å²) >= 11 is 0. The van der Waals surface area contributed by atoms with Crippen molar-refractivity contribution in [2.24, 2.45) is 0 Å². The number of rotatable bonds is 6. The highest BCUT2D eigenvalue weighted by Gasteiger charge is 2.19. The van der Waals surface area contributed by atoms with Gasteiger partial charge in [0.05, 0.1) is 12.9 Å². The van der Waals surface area contributed by atoms with Crippen LogP contribution in [0.3, 0.4) is 0 Å². The number of hydrogen-bond acceptors (Lipinski definition) is 5. The lowest BCUT2D eigenvalue weighted by atomic mass is 10.2. The number of hydrogen-bond donors (Lipinski definition) is 2. The van der Waals surface area contributed by atoms with Crippen molar-refractivity contribution < 1.29 is 22.5 Å². The zero-order chi connectivity index (χ0) is 12.9. The predicted molar refractivity (Wildman–Crippen MR) is 62.3 cm³/mol. The predicted octanol–water partition coefficient (Wildman–Crippen LogP) is 0.528. The van der Waals surface area contributed by atoms with Crippen LogP contribution in [0, 0.1) is 0 Å². The Balaban J connectivity index is 2.65. The molecule has 94 valence electrons. The largest absolute Gasteiger partial charge is 0.480 e. The molecule has 7 heteroatoms. The van der Waals surface area contributed by atoms with Gasteiger partial charge in [0, 0.05) is 5.69 Å². The minimum atomic E-state index is -3.65. The van der Waals surface area contributed by atoms with E-state index in [-0.39, 0.29) is 0 Å². The molecule has 0 aliphatic rings. The highest BCUT2D eigenvalue weighted by Crippen LogP contribution is 2.08. The van der Waals surface area contributed by atoms with Crippen LogP contribution in [0.2, 0.25) is 0 Å². The third kappa shape index (κ3) is 5.32. The maximum atomic E-state index is 10.9. The zero-order valence-electron chi connectivity index (χ0n) is 9.16. The lowest BCUT2D eigenvalue weighted by Gasteiger charge is -2.14. The van der Waals surface area contributed by atoms with Crippen LogP contribution < -0.4 is 5.32 Å². The van der Waals surface area contributed by atoms with Gasteiger partial charge in [0.1, 0.15) is 6.04 Å². The molecule has 1 atom stereocenters. The molecule has 0 heterocycles. The summed E-state index contributed by atoms with van der Waals surface area (Å²) in [6, 6.07) is 7.49. The molecule has 0 saturated heterocycles. The van der Waals surface area contributed by atoms with Crippen LogP contribution in [-0.2, 0) is 19.1 Å². The first-order chi connectivity index (χ1) is 7.88. The summed E-state index contributed by atoms with van der Waals surface area (Å²) in [7, 11) is -3.65. The second-order valence-corrected chi connectivity index (χ2v) is 5.03. The van der Waals surface area contributed by atoms with Crippen molar-refractivity contribution in [1.82, 2.24) is 0 Å². The molecular weight excluding hydrogens is 246 g/mol. The van der Waals surface area contributed by atoms with E-state index in [1.807, 2.05) is 0 Å². The minimum absolute atomic E-state index is 0.455. The number of anilines is 1. The molecule has 1 aromatic carbocycles. The summed E-state index contributed by atoms with van der Waals surface area (Å²) in [4.78, 5) is 10.9. The Kier molecular flexibility index (Phi) is 4.47. The first kappa shape index (κ1) is 13.5. The molecule has 0 radical (unpaired) electrons. The molecule has 0 spiro atoms. The van der Waals surface area contributed by atoms with Crippen LogP contribution >= 0.6 is 0 Å². The van der Waals surface area contributed by atoms with Crippen LogP contribution in [0.25, 0.3) is 0 Å². The van der Waals surface area contributed by atoms with Crippen molar-refractivity contribution in [1.29, 1.82) is 0 Å². The molecule has 2 N–H and O–H groups in total. The van der Waals surface area contributed by atoms with Crippen LogP contribution in [0.15, 0.2) is 30.3 Å². The summed E-state index contributed by atoms with van der Waals surface area (Å²) in [6.07, 6.45) is 0.869. The first-order valence-electron chi connectivity index (χ1n) is 4.77. The topological polar surface area (TPSA) is 92.7 Å². The van der Waals surface area contributed by atoms with Gasteiger partial charge < -0.3 is 10.4 Å². The Hall–Kier alpha value is -1.60. The third-order valence-electron chi connectivity index (χ3n) is 1.86. The van der Waals surface area contributed by atoms with E-state index in [0.29, 0.717) is 5.69 Å². The van der Waals surface area contributed by atoms with Crippen molar-refractivity contribution in [3.63, 3.8) is 0 Å². The highest BCUT2D eigenvalue weighted by molar-refractivity contribution is 7.85. The Morgan fingerprint density at radius 1 is 1.41 bits per heavy atom. The molecule has 0 saturated carbocycles. The third-order valence-corrected chi connectivity index (χ3v) is 2.43. The molecule has 17 heavy (non-hydrogen) atoms. The number of aliphatic carboxylic acids is 1. The average molecular weight is 259 g/mol. The van der Waals surface area contributed by atoms with Gasteiger partial charge in [-0.25, -0.2) is 4.79 Å². The zero-order valence-corrected chi connectivity index (χ0v) is 9.98. The van der Waals surface area contributed by atoms with E-state index in [1.165, 1.54) is 0 Å². The smallest absolute Gasteiger partial charge is 0.328 e. The van der Waals surface area contributed by atoms with E-state index >= 15 is 0 Å². The number of carboxylic acids is 1. The van der Waals surface area contributed by atoms with Gasteiger partial charge in [0.25, 0.3) is 10.1 Å². The highest BCUT2D eigenvalue weighted by atomic mass is 32.2. The number of benzene rings is 1. The summed E-state index contributed by atoms with van der Waals surface area (Å²) in [6.45, 7) is -0.455. The monoisotopic (exact) mass is 259 g/mol. The Morgan fingerprint density at radius 3 is 2.47 bits per heavy atom. The minimum Gasteiger partial charge on any atom is -0.480 e. The van der Waals surface area contributed by atoms with Gasteiger partial charge in [-0.1, -0.05) is 18.2 Å². The molecule has 1 unspecified atom stereocenters. The summed E-state index contributed by atoms with van der Waals surface area (Å²) in [5.41, 5.74) is 0.581. The fourth-order valence-corrected chi connectivity index (χ4v) is 1.49. The molecule has 0 bridgehead atoms. The second-order valence-electron chi connectivity index (χ2n) is 3.39. The van der Waals surface area contributed by atoms with E-state index in [0.717, 1.165) is 6.26 Å². The molecule has 6 nitrogen and oxygen atoms in total. The van der Waals surface area contributed by atoms with Crippen LogP contribution in [0.5, 0.6) is 0 Å². The molecular formula is C10H13NO5S. The average Bonchev–Trinajstić information content (AvgIpc) is 2.24. The first-order valence-corrected chi connectivity index (χ1v) is 6.59. The van der Waals surface area contributed by atoms with Crippen molar-refractivity contribution >= 4 is 21.8 Å². The van der Waals surface area contributed by atoms with Crippen molar-refractivity contribution in [2.45, 2.75) is 6.04 Å². The molecule has 1 rings (SSSR count). The van der Waals surface area contributed by atoms with Crippen molar-refractivity contribution in [2.75, 3.05) is 18.2 Å². The molecule has 1 aromatic rings. The lowest BCUT2D eigenvalue weighted by Crippen LogP contribution is -2.34. The van der Waals surface area contributed by atoms with Gasteiger partial charge in [0.2, 0.25) is 0 Å². The lowest BCUT2D eigenvalue weighted by molar-refractivity contribution is -0.138. The van der Waals surface area contributed by atoms with Crippen LogP contribution in [0.4, 0.5) is 5.69 Å². The van der Waals surface area contributed by atoms with Crippen LogP contribution in [-0.4, -0.2) is 38.4 Å². The van der Waals surface area contributed by atoms with E-state index in [1.54, 1.807) is 30.3 Å². The van der Waals surface area contributed by atoms with E-state index in [9.17, 15) is 13.2 Å².